The van der Waals surface area contributed by atoms with Crippen LogP contribution in [0.25, 0.3) is 64.4 Å². The summed E-state index contributed by atoms with van der Waals surface area (Å²) in [5.74, 6) is 0. The second-order valence-corrected chi connectivity index (χ2v) is 12.4. The molecule has 2 nitrogen and oxygen atoms in total. The molecular weight excluding hydrogens is 567 g/mol. The first-order chi connectivity index (χ1) is 22.3. The molecule has 45 heavy (non-hydrogen) atoms. The second kappa shape index (κ2) is 10.5. The lowest BCUT2D eigenvalue weighted by atomic mass is 9.96. The highest BCUT2D eigenvalue weighted by molar-refractivity contribution is 7.26. The molecule has 2 heterocycles. The van der Waals surface area contributed by atoms with Crippen LogP contribution in [0.15, 0.2) is 168 Å². The number of thiophene rings is 1. The Kier molecular flexibility index (Phi) is 6.03. The molecule has 212 valence electrons. The highest BCUT2D eigenvalue weighted by Gasteiger charge is 2.25. The molecule has 0 aliphatic rings. The standard InChI is InChI=1S/C42H27NOS/c1-4-14-28(15-5-1)30-24-25-36(34(26-30)29-16-6-2-7-17-29)43(31-18-8-3-9-19-31)37-27-35-32-20-11-13-23-39(32)45-42(35)40-33-21-10-12-22-38(33)44-41(37)40/h1-27H. The van der Waals surface area contributed by atoms with Crippen LogP contribution < -0.4 is 4.90 Å². The summed E-state index contributed by atoms with van der Waals surface area (Å²) >= 11 is 1.84. The first-order valence-electron chi connectivity index (χ1n) is 15.2. The quantitative estimate of drug-likeness (QED) is 0.197. The van der Waals surface area contributed by atoms with Gasteiger partial charge in [-0.2, -0.15) is 0 Å². The Morgan fingerprint density at radius 3 is 1.89 bits per heavy atom. The topological polar surface area (TPSA) is 16.4 Å². The van der Waals surface area contributed by atoms with Crippen LogP contribution in [0.2, 0.25) is 0 Å². The van der Waals surface area contributed by atoms with Crippen molar-refractivity contribution < 1.29 is 4.42 Å². The summed E-state index contributed by atoms with van der Waals surface area (Å²) in [5, 5.41) is 4.82. The Morgan fingerprint density at radius 2 is 1.11 bits per heavy atom. The molecule has 0 saturated heterocycles. The van der Waals surface area contributed by atoms with Crippen molar-refractivity contribution in [1.29, 1.82) is 0 Å². The van der Waals surface area contributed by atoms with Gasteiger partial charge in [0.2, 0.25) is 0 Å². The van der Waals surface area contributed by atoms with Gasteiger partial charge in [-0.05, 0) is 59.2 Å². The van der Waals surface area contributed by atoms with E-state index in [0.29, 0.717) is 0 Å². The highest BCUT2D eigenvalue weighted by Crippen LogP contribution is 2.50. The van der Waals surface area contributed by atoms with Crippen molar-refractivity contribution in [2.24, 2.45) is 0 Å². The van der Waals surface area contributed by atoms with Gasteiger partial charge < -0.3 is 9.32 Å². The average molecular weight is 594 g/mol. The monoisotopic (exact) mass is 593 g/mol. The molecule has 0 spiro atoms. The van der Waals surface area contributed by atoms with Crippen LogP contribution in [-0.2, 0) is 0 Å². The average Bonchev–Trinajstić information content (AvgIpc) is 3.69. The summed E-state index contributed by atoms with van der Waals surface area (Å²) in [5.41, 5.74) is 9.66. The minimum absolute atomic E-state index is 0.894. The normalized spacial score (nSPS) is 11.6. The molecule has 0 amide bonds. The summed E-state index contributed by atoms with van der Waals surface area (Å²) in [6, 6.07) is 58.3. The minimum Gasteiger partial charge on any atom is -0.454 e. The molecule has 0 N–H and O–H groups in total. The lowest BCUT2D eigenvalue weighted by molar-refractivity contribution is 0.669. The zero-order valence-electron chi connectivity index (χ0n) is 24.4. The molecule has 9 rings (SSSR count). The molecule has 0 saturated carbocycles. The molecule has 0 radical (unpaired) electrons. The predicted octanol–water partition coefficient (Wildman–Crippen LogP) is 12.8. The Morgan fingerprint density at radius 1 is 0.467 bits per heavy atom. The van der Waals surface area contributed by atoms with Crippen LogP contribution in [0.4, 0.5) is 17.1 Å². The Balaban J connectivity index is 1.41. The number of para-hydroxylation sites is 2. The maximum absolute atomic E-state index is 6.82. The molecule has 9 aromatic rings. The number of fused-ring (bicyclic) bond motifs is 7. The molecule has 0 bridgehead atoms. The van der Waals surface area contributed by atoms with Crippen LogP contribution in [0.5, 0.6) is 0 Å². The maximum Gasteiger partial charge on any atom is 0.160 e. The van der Waals surface area contributed by atoms with Crippen molar-refractivity contribution in [2.75, 3.05) is 4.90 Å². The maximum atomic E-state index is 6.82. The first kappa shape index (κ1) is 25.8. The number of hydrogen-bond acceptors (Lipinski definition) is 3. The van der Waals surface area contributed by atoms with E-state index in [4.69, 9.17) is 4.42 Å². The van der Waals surface area contributed by atoms with Gasteiger partial charge in [0.25, 0.3) is 0 Å². The van der Waals surface area contributed by atoms with E-state index in [1.165, 1.54) is 36.7 Å². The number of furan rings is 1. The first-order valence-corrected chi connectivity index (χ1v) is 16.0. The number of rotatable bonds is 5. The lowest BCUT2D eigenvalue weighted by Gasteiger charge is -2.28. The summed E-state index contributed by atoms with van der Waals surface area (Å²) in [4.78, 5) is 2.38. The van der Waals surface area contributed by atoms with Crippen LogP contribution in [0.1, 0.15) is 0 Å². The minimum atomic E-state index is 0.894. The smallest absolute Gasteiger partial charge is 0.160 e. The van der Waals surface area contributed by atoms with Crippen molar-refractivity contribution in [1.82, 2.24) is 0 Å². The van der Waals surface area contributed by atoms with Gasteiger partial charge in [0.15, 0.2) is 5.58 Å². The fourth-order valence-electron chi connectivity index (χ4n) is 6.59. The third-order valence-electron chi connectivity index (χ3n) is 8.65. The van der Waals surface area contributed by atoms with Crippen LogP contribution >= 0.6 is 11.3 Å². The fourth-order valence-corrected chi connectivity index (χ4v) is 7.83. The third-order valence-corrected chi connectivity index (χ3v) is 9.86. The van der Waals surface area contributed by atoms with Crippen molar-refractivity contribution in [3.63, 3.8) is 0 Å². The Hall–Kier alpha value is -5.64. The van der Waals surface area contributed by atoms with E-state index in [1.807, 2.05) is 11.3 Å². The zero-order chi connectivity index (χ0) is 29.7. The summed E-state index contributed by atoms with van der Waals surface area (Å²) in [6.07, 6.45) is 0. The van der Waals surface area contributed by atoms with Crippen LogP contribution in [-0.4, -0.2) is 0 Å². The molecule has 0 fully saturated rings. The van der Waals surface area contributed by atoms with E-state index in [-0.39, 0.29) is 0 Å². The Bertz CT molecular complexity index is 2480. The van der Waals surface area contributed by atoms with Gasteiger partial charge in [0, 0.05) is 42.2 Å². The highest BCUT2D eigenvalue weighted by atomic mass is 32.1. The van der Waals surface area contributed by atoms with Gasteiger partial charge in [-0.25, -0.2) is 0 Å². The van der Waals surface area contributed by atoms with Gasteiger partial charge in [-0.15, -0.1) is 11.3 Å². The van der Waals surface area contributed by atoms with E-state index in [0.717, 1.165) is 44.7 Å². The molecule has 0 aliphatic heterocycles. The van der Waals surface area contributed by atoms with Gasteiger partial charge in [0.05, 0.1) is 11.4 Å². The van der Waals surface area contributed by atoms with E-state index in [9.17, 15) is 0 Å². The summed E-state index contributed by atoms with van der Waals surface area (Å²) in [6.45, 7) is 0. The van der Waals surface area contributed by atoms with E-state index >= 15 is 0 Å². The fraction of sp³-hybridized carbons (Fsp3) is 0. The number of benzene rings is 7. The Labute approximate surface area is 265 Å². The van der Waals surface area contributed by atoms with Gasteiger partial charge in [-0.1, -0.05) is 121 Å². The SMILES string of the molecule is c1ccc(-c2ccc(N(c3ccccc3)c3cc4c5ccccc5sc4c4c3oc3ccccc34)c(-c3ccccc3)c2)cc1. The lowest BCUT2D eigenvalue weighted by Crippen LogP contribution is -2.11. The van der Waals surface area contributed by atoms with Crippen molar-refractivity contribution in [2.45, 2.75) is 0 Å². The predicted molar refractivity (Wildman–Crippen MR) is 192 cm³/mol. The molecule has 7 aromatic carbocycles. The number of anilines is 3. The van der Waals surface area contributed by atoms with Crippen LogP contribution in [0.3, 0.4) is 0 Å². The van der Waals surface area contributed by atoms with Gasteiger partial charge in [-0.3, -0.25) is 0 Å². The van der Waals surface area contributed by atoms with Crippen molar-refractivity contribution in [3.05, 3.63) is 164 Å². The van der Waals surface area contributed by atoms with Crippen molar-refractivity contribution in [3.8, 4) is 22.3 Å². The largest absolute Gasteiger partial charge is 0.454 e. The van der Waals surface area contributed by atoms with E-state index < -0.39 is 0 Å². The third kappa shape index (κ3) is 4.24. The zero-order valence-corrected chi connectivity index (χ0v) is 25.2. The second-order valence-electron chi connectivity index (χ2n) is 11.3. The van der Waals surface area contributed by atoms with Gasteiger partial charge >= 0.3 is 0 Å². The van der Waals surface area contributed by atoms with Gasteiger partial charge in [0.1, 0.15) is 5.58 Å². The summed E-state index contributed by atoms with van der Waals surface area (Å²) in [7, 11) is 0. The molecule has 2 aromatic heterocycles. The molecule has 0 unspecified atom stereocenters. The van der Waals surface area contributed by atoms with Crippen molar-refractivity contribution >= 4 is 70.5 Å². The van der Waals surface area contributed by atoms with E-state index in [2.05, 4.69) is 169 Å². The molecule has 0 atom stereocenters. The molecule has 0 aliphatic carbocycles. The number of nitrogens with zero attached hydrogens (tertiary/aromatic N) is 1. The molecular formula is C42H27NOS. The number of hydrogen-bond donors (Lipinski definition) is 0. The van der Waals surface area contributed by atoms with E-state index in [1.54, 1.807) is 0 Å². The summed E-state index contributed by atoms with van der Waals surface area (Å²) < 4.78 is 9.35. The molecule has 3 heteroatoms. The van der Waals surface area contributed by atoms with Crippen LogP contribution in [0, 0.1) is 0 Å².